The number of nitrogens with one attached hydrogen (secondary N) is 2. The molecule has 29 heavy (non-hydrogen) atoms. The molecule has 0 spiro atoms. The fourth-order valence-corrected chi connectivity index (χ4v) is 2.53. The minimum absolute atomic E-state index is 0.0122. The van der Waals surface area contributed by atoms with Crippen LogP contribution < -0.4 is 14.8 Å². The van der Waals surface area contributed by atoms with E-state index in [1.165, 1.54) is 38.7 Å². The number of anilines is 1. The van der Waals surface area contributed by atoms with Crippen molar-refractivity contribution in [3.63, 3.8) is 0 Å². The van der Waals surface area contributed by atoms with Gasteiger partial charge in [-0.05, 0) is 24.3 Å². The fraction of sp³-hybridized carbons (Fsp3) is 0.150. The first-order valence-electron chi connectivity index (χ1n) is 8.48. The summed E-state index contributed by atoms with van der Waals surface area (Å²) in [6.45, 7) is -0.473. The minimum Gasteiger partial charge on any atom is -0.493 e. The summed E-state index contributed by atoms with van der Waals surface area (Å²) < 4.78 is 20.6. The van der Waals surface area contributed by atoms with Crippen molar-refractivity contribution >= 4 is 23.3 Å². The average molecular weight is 398 g/mol. The zero-order valence-electron chi connectivity index (χ0n) is 15.7. The number of ketones is 1. The highest BCUT2D eigenvalue weighted by Gasteiger charge is 2.22. The van der Waals surface area contributed by atoms with Crippen LogP contribution in [0.4, 0.5) is 5.69 Å². The average Bonchev–Trinajstić information content (AvgIpc) is 3.45. The molecular formula is C20H18N2O7. The number of carbonyl (C=O) groups is 3. The molecule has 150 valence electrons. The summed E-state index contributed by atoms with van der Waals surface area (Å²) >= 11 is 0. The van der Waals surface area contributed by atoms with E-state index in [1.807, 2.05) is 0 Å². The molecule has 0 saturated heterocycles. The van der Waals surface area contributed by atoms with E-state index in [9.17, 15) is 14.4 Å². The molecule has 0 saturated carbocycles. The Kier molecular flexibility index (Phi) is 5.98. The number of methoxy groups -OCH3 is 2. The van der Waals surface area contributed by atoms with E-state index in [0.717, 1.165) is 0 Å². The van der Waals surface area contributed by atoms with E-state index in [4.69, 9.17) is 18.6 Å². The van der Waals surface area contributed by atoms with Crippen LogP contribution in [0.25, 0.3) is 0 Å². The van der Waals surface area contributed by atoms with Gasteiger partial charge in [0, 0.05) is 18.3 Å². The molecule has 0 atom stereocenters. The number of benzene rings is 1. The number of rotatable bonds is 8. The molecule has 2 aromatic heterocycles. The molecule has 3 aromatic rings. The topological polar surface area (TPSA) is 120 Å². The van der Waals surface area contributed by atoms with E-state index in [-0.39, 0.29) is 22.8 Å². The number of hydrogen-bond donors (Lipinski definition) is 2. The van der Waals surface area contributed by atoms with Crippen LogP contribution in [-0.4, -0.2) is 43.5 Å². The smallest absolute Gasteiger partial charge is 0.340 e. The molecule has 0 aliphatic heterocycles. The normalized spacial score (nSPS) is 10.3. The van der Waals surface area contributed by atoms with Crippen LogP contribution in [-0.2, 0) is 4.74 Å². The Morgan fingerprint density at radius 3 is 2.45 bits per heavy atom. The second-order valence-corrected chi connectivity index (χ2v) is 5.77. The van der Waals surface area contributed by atoms with E-state index in [2.05, 4.69) is 10.3 Å². The largest absolute Gasteiger partial charge is 0.493 e. The monoisotopic (exact) mass is 398 g/mol. The number of furan rings is 1. The molecule has 0 bridgehead atoms. The maximum absolute atomic E-state index is 12.6. The maximum Gasteiger partial charge on any atom is 0.340 e. The van der Waals surface area contributed by atoms with Crippen LogP contribution in [0.3, 0.4) is 0 Å². The summed E-state index contributed by atoms with van der Waals surface area (Å²) in [6, 6.07) is 9.04. The standard InChI is InChI=1S/C20H18N2O7/c1-26-17-9-12(20(25)29-11-15(23)13-5-3-7-21-13)14(10-18(17)27-2)22-19(24)16-6-4-8-28-16/h3-10,21H,11H2,1-2H3,(H,22,24). The van der Waals surface area contributed by atoms with Crippen molar-refractivity contribution < 1.29 is 33.0 Å². The Labute approximate surface area is 165 Å². The van der Waals surface area contributed by atoms with E-state index >= 15 is 0 Å². The molecule has 1 amide bonds. The van der Waals surface area contributed by atoms with Gasteiger partial charge in [0.05, 0.1) is 37.4 Å². The molecule has 0 radical (unpaired) electrons. The van der Waals surface area contributed by atoms with Crippen molar-refractivity contribution in [3.8, 4) is 11.5 Å². The lowest BCUT2D eigenvalue weighted by molar-refractivity contribution is 0.0474. The van der Waals surface area contributed by atoms with Gasteiger partial charge in [0.15, 0.2) is 23.9 Å². The number of amides is 1. The molecule has 0 unspecified atom stereocenters. The number of esters is 1. The van der Waals surface area contributed by atoms with E-state index in [0.29, 0.717) is 11.4 Å². The summed E-state index contributed by atoms with van der Waals surface area (Å²) in [7, 11) is 2.83. The van der Waals surface area contributed by atoms with Gasteiger partial charge in [-0.2, -0.15) is 0 Å². The summed E-state index contributed by atoms with van der Waals surface area (Å²) in [5.74, 6) is -1.18. The molecule has 0 aliphatic carbocycles. The van der Waals surface area contributed by atoms with Gasteiger partial charge in [-0.1, -0.05) is 0 Å². The van der Waals surface area contributed by atoms with Gasteiger partial charge in [-0.25, -0.2) is 4.79 Å². The molecule has 9 nitrogen and oxygen atoms in total. The Bertz CT molecular complexity index is 1010. The number of H-pyrrole nitrogens is 1. The second kappa shape index (κ2) is 8.79. The van der Waals surface area contributed by atoms with E-state index in [1.54, 1.807) is 24.4 Å². The third kappa shape index (κ3) is 4.46. The summed E-state index contributed by atoms with van der Waals surface area (Å²) in [5.41, 5.74) is 0.416. The lowest BCUT2D eigenvalue weighted by Crippen LogP contribution is -2.18. The first-order chi connectivity index (χ1) is 14.0. The van der Waals surface area contributed by atoms with Crippen LogP contribution in [0.2, 0.25) is 0 Å². The van der Waals surface area contributed by atoms with Crippen molar-refractivity contribution in [1.29, 1.82) is 0 Å². The van der Waals surface area contributed by atoms with Gasteiger partial charge in [-0.15, -0.1) is 0 Å². The molecule has 3 rings (SSSR count). The van der Waals surface area contributed by atoms with Crippen LogP contribution in [0.5, 0.6) is 11.5 Å². The zero-order valence-corrected chi connectivity index (χ0v) is 15.7. The number of Topliss-reactive ketones (excluding diaryl/α,β-unsaturated/α-hetero) is 1. The molecule has 2 heterocycles. The predicted octanol–water partition coefficient (Wildman–Crippen LogP) is 2.92. The molecule has 9 heteroatoms. The van der Waals surface area contributed by atoms with Crippen molar-refractivity contribution in [2.24, 2.45) is 0 Å². The van der Waals surface area contributed by atoms with Gasteiger partial charge in [0.2, 0.25) is 5.78 Å². The van der Waals surface area contributed by atoms with E-state index < -0.39 is 24.3 Å². The third-order valence-electron chi connectivity index (χ3n) is 3.97. The number of carbonyl (C=O) groups excluding carboxylic acids is 3. The van der Waals surface area contributed by atoms with Gasteiger partial charge < -0.3 is 28.9 Å². The Morgan fingerprint density at radius 2 is 1.83 bits per heavy atom. The Morgan fingerprint density at radius 1 is 1.07 bits per heavy atom. The summed E-state index contributed by atoms with van der Waals surface area (Å²) in [4.78, 5) is 39.7. The molecule has 2 N–H and O–H groups in total. The van der Waals surface area contributed by atoms with Gasteiger partial charge in [-0.3, -0.25) is 9.59 Å². The SMILES string of the molecule is COc1cc(NC(=O)c2ccco2)c(C(=O)OCC(=O)c2ccc[nH]2)cc1OC. The summed E-state index contributed by atoms with van der Waals surface area (Å²) in [5, 5.41) is 2.57. The minimum atomic E-state index is -0.819. The fourth-order valence-electron chi connectivity index (χ4n) is 2.53. The van der Waals surface area contributed by atoms with Crippen molar-refractivity contribution in [1.82, 2.24) is 4.98 Å². The predicted molar refractivity (Wildman–Crippen MR) is 102 cm³/mol. The van der Waals surface area contributed by atoms with Crippen LogP contribution >= 0.6 is 0 Å². The Balaban J connectivity index is 1.85. The van der Waals surface area contributed by atoms with Gasteiger partial charge in [0.25, 0.3) is 5.91 Å². The highest BCUT2D eigenvalue weighted by Crippen LogP contribution is 2.34. The van der Waals surface area contributed by atoms with Crippen molar-refractivity contribution in [2.75, 3.05) is 26.1 Å². The quantitative estimate of drug-likeness (QED) is 0.442. The van der Waals surface area contributed by atoms with Crippen LogP contribution in [0.1, 0.15) is 31.4 Å². The van der Waals surface area contributed by atoms with Crippen LogP contribution in [0.15, 0.2) is 53.3 Å². The van der Waals surface area contributed by atoms with Crippen molar-refractivity contribution in [2.45, 2.75) is 0 Å². The van der Waals surface area contributed by atoms with Crippen molar-refractivity contribution in [3.05, 3.63) is 65.9 Å². The molecule has 0 fully saturated rings. The van der Waals surface area contributed by atoms with Gasteiger partial charge >= 0.3 is 5.97 Å². The zero-order chi connectivity index (χ0) is 20.8. The molecular weight excluding hydrogens is 380 g/mol. The lowest BCUT2D eigenvalue weighted by Gasteiger charge is -2.14. The Hall–Kier alpha value is -4.01. The second-order valence-electron chi connectivity index (χ2n) is 5.77. The third-order valence-corrected chi connectivity index (χ3v) is 3.97. The first kappa shape index (κ1) is 19.7. The maximum atomic E-state index is 12.6. The summed E-state index contributed by atoms with van der Waals surface area (Å²) in [6.07, 6.45) is 2.94. The molecule has 0 aliphatic rings. The number of aromatic nitrogens is 1. The number of aromatic amines is 1. The lowest BCUT2D eigenvalue weighted by atomic mass is 10.1. The molecule has 1 aromatic carbocycles. The highest BCUT2D eigenvalue weighted by atomic mass is 16.5. The number of hydrogen-bond acceptors (Lipinski definition) is 7. The first-order valence-corrected chi connectivity index (χ1v) is 8.48. The van der Waals surface area contributed by atoms with Gasteiger partial charge in [0.1, 0.15) is 0 Å². The highest BCUT2D eigenvalue weighted by molar-refractivity contribution is 6.07. The van der Waals surface area contributed by atoms with Crippen LogP contribution in [0, 0.1) is 0 Å². The number of ether oxygens (including phenoxy) is 3.